The zero-order valence-electron chi connectivity index (χ0n) is 29.2. The fourth-order valence-electron chi connectivity index (χ4n) is 7.02. The van der Waals surface area contributed by atoms with Gasteiger partial charge in [-0.3, -0.25) is 18.8 Å². The van der Waals surface area contributed by atoms with Crippen LogP contribution in [0.4, 0.5) is 13.2 Å². The minimum Gasteiger partial charge on any atom is -0.481 e. The summed E-state index contributed by atoms with van der Waals surface area (Å²) in [5, 5.41) is 12.3. The standard InChI is InChI=1S/C39H37ClF3N7O4/c1-54-37-23(17-44-20-25-9-12-33(51)47-25)8-11-31(49-37)30-7-3-6-29(36(30)40)28-5-2-4-27(35(28)39(41,42)43)22-14-15-50-32(16-22)46-19-24(38(50)53)18-45-21-26-10-13-34(52)48-26/h2-8,11,14-16,19,25-26,44-45H,9-10,12-13,17-18,20-21H2,1H3,(H,47,51)(H,48,52)/t25-,26+/m1/s1. The molecule has 0 spiro atoms. The lowest BCUT2D eigenvalue weighted by atomic mass is 9.90. The Bertz CT molecular complexity index is 2300. The third kappa shape index (κ3) is 7.81. The number of rotatable bonds is 12. The lowest BCUT2D eigenvalue weighted by Crippen LogP contribution is -2.36. The molecule has 7 rings (SSSR count). The number of fused-ring (bicyclic) bond motifs is 1. The lowest BCUT2D eigenvalue weighted by Gasteiger charge is -2.20. The van der Waals surface area contributed by atoms with Gasteiger partial charge in [-0.25, -0.2) is 9.97 Å². The van der Waals surface area contributed by atoms with Gasteiger partial charge in [0.15, 0.2) is 0 Å². The predicted octanol–water partition coefficient (Wildman–Crippen LogP) is 5.51. The van der Waals surface area contributed by atoms with Crippen LogP contribution >= 0.6 is 11.6 Å². The number of hydrogen-bond donors (Lipinski definition) is 4. The zero-order chi connectivity index (χ0) is 38.0. The molecule has 3 aromatic heterocycles. The van der Waals surface area contributed by atoms with E-state index in [9.17, 15) is 14.4 Å². The molecular weight excluding hydrogens is 723 g/mol. The molecule has 4 N–H and O–H groups in total. The van der Waals surface area contributed by atoms with Crippen molar-refractivity contribution >= 4 is 29.1 Å². The summed E-state index contributed by atoms with van der Waals surface area (Å²) >= 11 is 6.92. The Kier molecular flexibility index (Phi) is 10.7. The highest BCUT2D eigenvalue weighted by molar-refractivity contribution is 6.36. The predicted molar refractivity (Wildman–Crippen MR) is 198 cm³/mol. The van der Waals surface area contributed by atoms with Gasteiger partial charge in [0, 0.05) is 85.8 Å². The number of pyridine rings is 2. The van der Waals surface area contributed by atoms with Crippen molar-refractivity contribution in [3.63, 3.8) is 0 Å². The highest BCUT2D eigenvalue weighted by atomic mass is 35.5. The van der Waals surface area contributed by atoms with Crippen LogP contribution in [0.25, 0.3) is 39.2 Å². The Morgan fingerprint density at radius 3 is 2.11 bits per heavy atom. The molecule has 0 bridgehead atoms. The number of nitrogens with zero attached hydrogens (tertiary/aromatic N) is 3. The Morgan fingerprint density at radius 1 is 0.852 bits per heavy atom. The average Bonchev–Trinajstić information content (AvgIpc) is 3.78. The Balaban J connectivity index is 1.17. The van der Waals surface area contributed by atoms with Crippen LogP contribution in [0.5, 0.6) is 5.88 Å². The molecule has 5 heterocycles. The number of methoxy groups -OCH3 is 1. The molecule has 2 aromatic carbocycles. The van der Waals surface area contributed by atoms with E-state index in [0.717, 1.165) is 12.0 Å². The first-order valence-electron chi connectivity index (χ1n) is 17.5. The molecule has 2 aliphatic rings. The van der Waals surface area contributed by atoms with Crippen molar-refractivity contribution in [1.82, 2.24) is 35.6 Å². The molecule has 5 aromatic rings. The topological polar surface area (TPSA) is 139 Å². The molecule has 2 aliphatic heterocycles. The summed E-state index contributed by atoms with van der Waals surface area (Å²) in [6.45, 7) is 1.73. The number of hydrogen-bond acceptors (Lipinski definition) is 8. The second-order valence-electron chi connectivity index (χ2n) is 13.4. The summed E-state index contributed by atoms with van der Waals surface area (Å²) in [5.74, 6) is 0.371. The maximum atomic E-state index is 15.1. The molecule has 54 heavy (non-hydrogen) atoms. The van der Waals surface area contributed by atoms with Crippen LogP contribution in [0.1, 0.15) is 42.4 Å². The van der Waals surface area contributed by atoms with Gasteiger partial charge in [-0.2, -0.15) is 13.2 Å². The van der Waals surface area contributed by atoms with Crippen molar-refractivity contribution in [2.24, 2.45) is 0 Å². The third-order valence-corrected chi connectivity index (χ3v) is 10.1. The van der Waals surface area contributed by atoms with Crippen molar-refractivity contribution in [3.8, 4) is 39.4 Å². The summed E-state index contributed by atoms with van der Waals surface area (Å²) in [4.78, 5) is 45.3. The largest absolute Gasteiger partial charge is 0.481 e. The van der Waals surface area contributed by atoms with E-state index in [1.807, 2.05) is 6.07 Å². The SMILES string of the molecule is COc1nc(-c2cccc(-c3cccc(-c4ccn5c(=O)c(CNC[C@@H]6CCC(=O)N6)cnc5c4)c3C(F)(F)F)c2Cl)ccc1CNC[C@H]1CCC(=O)N1. The lowest BCUT2D eigenvalue weighted by molar-refractivity contribution is -0.136. The molecule has 2 fully saturated rings. The van der Waals surface area contributed by atoms with E-state index in [2.05, 4.69) is 31.2 Å². The van der Waals surface area contributed by atoms with Crippen LogP contribution in [0.3, 0.4) is 0 Å². The highest BCUT2D eigenvalue weighted by Gasteiger charge is 2.37. The van der Waals surface area contributed by atoms with Crippen LogP contribution in [0.2, 0.25) is 5.02 Å². The van der Waals surface area contributed by atoms with Crippen LogP contribution in [-0.2, 0) is 28.9 Å². The van der Waals surface area contributed by atoms with Gasteiger partial charge < -0.3 is 26.0 Å². The first-order chi connectivity index (χ1) is 26.0. The molecule has 0 aliphatic carbocycles. The summed E-state index contributed by atoms with van der Waals surface area (Å²) < 4.78 is 52.1. The monoisotopic (exact) mass is 759 g/mol. The van der Waals surface area contributed by atoms with Crippen LogP contribution in [0, 0.1) is 0 Å². The van der Waals surface area contributed by atoms with Crippen molar-refractivity contribution in [2.45, 2.75) is 57.0 Å². The fourth-order valence-corrected chi connectivity index (χ4v) is 7.34. The number of benzene rings is 2. The van der Waals surface area contributed by atoms with Gasteiger partial charge in [0.25, 0.3) is 5.56 Å². The Morgan fingerprint density at radius 2 is 1.48 bits per heavy atom. The minimum absolute atomic E-state index is 0.000793. The molecule has 2 amide bonds. The van der Waals surface area contributed by atoms with Gasteiger partial charge in [-0.05, 0) is 47.7 Å². The maximum Gasteiger partial charge on any atom is 0.417 e. The second kappa shape index (κ2) is 15.6. The minimum atomic E-state index is -4.78. The molecule has 280 valence electrons. The molecule has 0 unspecified atom stereocenters. The molecule has 0 radical (unpaired) electrons. The van der Waals surface area contributed by atoms with Gasteiger partial charge in [-0.1, -0.05) is 54.1 Å². The number of aromatic nitrogens is 3. The van der Waals surface area contributed by atoms with Crippen LogP contribution < -0.4 is 31.6 Å². The summed E-state index contributed by atoms with van der Waals surface area (Å²) in [6, 6.07) is 15.7. The molecule has 15 heteroatoms. The number of carbonyl (C=O) groups excluding carboxylic acids is 2. The number of halogens is 4. The van der Waals surface area contributed by atoms with E-state index in [0.29, 0.717) is 61.6 Å². The number of nitrogens with one attached hydrogen (secondary N) is 4. The van der Waals surface area contributed by atoms with E-state index in [1.54, 1.807) is 18.2 Å². The summed E-state index contributed by atoms with van der Waals surface area (Å²) in [7, 11) is 1.49. The smallest absolute Gasteiger partial charge is 0.417 e. The first-order valence-corrected chi connectivity index (χ1v) is 17.9. The van der Waals surface area contributed by atoms with Crippen molar-refractivity contribution < 1.29 is 27.5 Å². The van der Waals surface area contributed by atoms with Crippen molar-refractivity contribution in [1.29, 1.82) is 0 Å². The molecular formula is C39H37ClF3N7O4. The van der Waals surface area contributed by atoms with Crippen molar-refractivity contribution in [2.75, 3.05) is 20.2 Å². The van der Waals surface area contributed by atoms with Crippen molar-refractivity contribution in [3.05, 3.63) is 105 Å². The molecule has 2 atom stereocenters. The summed E-state index contributed by atoms with van der Waals surface area (Å²) in [5.41, 5.74) is 1.10. The molecule has 11 nitrogen and oxygen atoms in total. The maximum absolute atomic E-state index is 15.1. The third-order valence-electron chi connectivity index (χ3n) is 9.72. The number of carbonyl (C=O) groups is 2. The first kappa shape index (κ1) is 37.0. The Hall–Kier alpha value is -5.31. The van der Waals surface area contributed by atoms with Gasteiger partial charge in [0.05, 0.1) is 23.4 Å². The van der Waals surface area contributed by atoms with Gasteiger partial charge in [-0.15, -0.1) is 0 Å². The molecule has 2 saturated heterocycles. The van der Waals surface area contributed by atoms with E-state index < -0.39 is 11.7 Å². The number of alkyl halides is 3. The second-order valence-corrected chi connectivity index (χ2v) is 13.7. The van der Waals surface area contributed by atoms with Gasteiger partial charge >= 0.3 is 6.18 Å². The van der Waals surface area contributed by atoms with Gasteiger partial charge in [0.2, 0.25) is 17.7 Å². The number of amides is 2. The molecule has 0 saturated carbocycles. The highest BCUT2D eigenvalue weighted by Crippen LogP contribution is 2.46. The number of ether oxygens (including phenoxy) is 1. The normalized spacial score (nSPS) is 17.2. The van der Waals surface area contributed by atoms with E-state index >= 15 is 13.2 Å². The fraction of sp³-hybridized carbons (Fsp3) is 0.308. The van der Waals surface area contributed by atoms with E-state index in [4.69, 9.17) is 16.3 Å². The Labute approximate surface area is 313 Å². The van der Waals surface area contributed by atoms with Gasteiger partial charge in [0.1, 0.15) is 5.65 Å². The quantitative estimate of drug-likeness (QED) is 0.131. The van der Waals surface area contributed by atoms with E-state index in [-0.39, 0.29) is 68.9 Å². The van der Waals surface area contributed by atoms with Crippen LogP contribution in [0.15, 0.2) is 77.9 Å². The van der Waals surface area contributed by atoms with E-state index in [1.165, 1.54) is 60.3 Å². The van der Waals surface area contributed by atoms with Crippen LogP contribution in [-0.4, -0.2) is 58.5 Å². The average molecular weight is 760 g/mol. The summed E-state index contributed by atoms with van der Waals surface area (Å²) in [6.07, 6.45) is 0.512. The zero-order valence-corrected chi connectivity index (χ0v) is 30.0.